The number of hydrogen-bond acceptors (Lipinski definition) is 5. The van der Waals surface area contributed by atoms with Gasteiger partial charge < -0.3 is 9.64 Å². The van der Waals surface area contributed by atoms with Crippen LogP contribution in [0.5, 0.6) is 5.75 Å². The number of carbonyl (C=O) groups is 1. The van der Waals surface area contributed by atoms with Crippen molar-refractivity contribution in [2.24, 2.45) is 4.99 Å². The Morgan fingerprint density at radius 3 is 2.39 bits per heavy atom. The predicted octanol–water partition coefficient (Wildman–Crippen LogP) is 5.99. The van der Waals surface area contributed by atoms with Crippen molar-refractivity contribution >= 4 is 46.5 Å². The maximum absolute atomic E-state index is 13.9. The number of rotatable bonds is 8. The molecule has 210 valence electrons. The van der Waals surface area contributed by atoms with E-state index in [1.807, 2.05) is 87.5 Å². The maximum Gasteiger partial charge on any atom is 0.271 e. The summed E-state index contributed by atoms with van der Waals surface area (Å²) in [6, 6.07) is 21.8. The molecule has 1 aliphatic heterocycles. The summed E-state index contributed by atoms with van der Waals surface area (Å²) in [5.74, 6) is 0.584. The number of ether oxygens (including phenoxy) is 1. The van der Waals surface area contributed by atoms with E-state index in [4.69, 9.17) is 32.9 Å². The average Bonchev–Trinajstić information content (AvgIpc) is 3.27. The van der Waals surface area contributed by atoms with Crippen molar-refractivity contribution in [2.45, 2.75) is 33.4 Å². The molecule has 41 heavy (non-hydrogen) atoms. The van der Waals surface area contributed by atoms with Crippen LogP contribution in [0.1, 0.15) is 43.5 Å². The van der Waals surface area contributed by atoms with E-state index < -0.39 is 6.04 Å². The second kappa shape index (κ2) is 12.5. The summed E-state index contributed by atoms with van der Waals surface area (Å²) in [6.45, 7) is 7.23. The normalized spacial score (nSPS) is 15.0. The first-order chi connectivity index (χ1) is 19.8. The van der Waals surface area contributed by atoms with E-state index in [1.54, 1.807) is 21.6 Å². The highest BCUT2D eigenvalue weighted by Gasteiger charge is 2.34. The van der Waals surface area contributed by atoms with E-state index in [0.29, 0.717) is 56.1 Å². The van der Waals surface area contributed by atoms with Gasteiger partial charge in [0.1, 0.15) is 12.4 Å². The summed E-state index contributed by atoms with van der Waals surface area (Å²) in [7, 11) is 0. The lowest BCUT2D eigenvalue weighted by Crippen LogP contribution is -2.43. The van der Waals surface area contributed by atoms with E-state index in [-0.39, 0.29) is 11.5 Å². The third-order valence-electron chi connectivity index (χ3n) is 6.96. The lowest BCUT2D eigenvalue weighted by atomic mass is 9.94. The van der Waals surface area contributed by atoms with E-state index in [9.17, 15) is 9.59 Å². The molecule has 5 rings (SSSR count). The number of aromatic nitrogens is 1. The van der Waals surface area contributed by atoms with Crippen LogP contribution in [0.15, 0.2) is 93.9 Å². The lowest BCUT2D eigenvalue weighted by Gasteiger charge is -2.29. The second-order valence-corrected chi connectivity index (χ2v) is 11.5. The average molecular weight is 607 g/mol. The quantitative estimate of drug-likeness (QED) is 0.248. The van der Waals surface area contributed by atoms with Crippen molar-refractivity contribution in [3.63, 3.8) is 0 Å². The number of fused-ring (bicyclic) bond motifs is 1. The number of nitrogens with zero attached hydrogens (tertiary/aromatic N) is 3. The van der Waals surface area contributed by atoms with Crippen LogP contribution in [0.2, 0.25) is 10.0 Å². The van der Waals surface area contributed by atoms with Crippen LogP contribution in [-0.4, -0.2) is 28.5 Å². The molecule has 1 aromatic heterocycles. The number of halogens is 2. The maximum atomic E-state index is 13.9. The van der Waals surface area contributed by atoms with E-state index in [2.05, 4.69) is 0 Å². The molecule has 0 bridgehead atoms. The number of hydrogen-bond donors (Lipinski definition) is 0. The van der Waals surface area contributed by atoms with Crippen LogP contribution in [0, 0.1) is 0 Å². The lowest BCUT2D eigenvalue weighted by molar-refractivity contribution is -0.127. The van der Waals surface area contributed by atoms with Gasteiger partial charge in [0.2, 0.25) is 0 Å². The molecule has 6 nitrogen and oxygen atoms in total. The Hall–Kier alpha value is -3.65. The summed E-state index contributed by atoms with van der Waals surface area (Å²) in [4.78, 5) is 34.6. The van der Waals surface area contributed by atoms with Gasteiger partial charge in [0.05, 0.1) is 21.8 Å². The minimum Gasteiger partial charge on any atom is -0.489 e. The molecular formula is C32H29Cl2N3O3S. The summed E-state index contributed by atoms with van der Waals surface area (Å²) < 4.78 is 8.05. The van der Waals surface area contributed by atoms with Crippen LogP contribution in [0.3, 0.4) is 0 Å². The van der Waals surface area contributed by atoms with Gasteiger partial charge in [-0.15, -0.1) is 0 Å². The van der Waals surface area contributed by atoms with Gasteiger partial charge in [-0.25, -0.2) is 4.99 Å². The van der Waals surface area contributed by atoms with E-state index in [0.717, 1.165) is 16.7 Å². The van der Waals surface area contributed by atoms with Gasteiger partial charge in [0.25, 0.3) is 11.5 Å². The third kappa shape index (κ3) is 6.17. The first kappa shape index (κ1) is 28.9. The topological polar surface area (TPSA) is 63.9 Å². The first-order valence-electron chi connectivity index (χ1n) is 13.3. The molecule has 1 atom stereocenters. The molecule has 3 aromatic carbocycles. The number of allylic oxidation sites excluding steroid dienone is 1. The summed E-state index contributed by atoms with van der Waals surface area (Å²) in [6.07, 6.45) is 1.84. The van der Waals surface area contributed by atoms with Crippen LogP contribution in [-0.2, 0) is 11.4 Å². The summed E-state index contributed by atoms with van der Waals surface area (Å²) >= 11 is 13.5. The largest absolute Gasteiger partial charge is 0.489 e. The molecule has 1 amide bonds. The Bertz CT molecular complexity index is 1790. The van der Waals surface area contributed by atoms with E-state index >= 15 is 0 Å². The standard InChI is InChI=1S/C32H29Cl2N3O3S/c1-4-36(5-2)31(39)28-20(3)35-32-37(29(28)23-11-13-24(33)14-12-23)30(38)27(41-32)18-21-9-15-26(16-10-21)40-19-22-7-6-8-25(34)17-22/h6-18,29H,4-5,19H2,1-3H3/b27-18+/t29-/m1/s1. The minimum absolute atomic E-state index is 0.126. The minimum atomic E-state index is -0.610. The Balaban J connectivity index is 1.51. The van der Waals surface area contributed by atoms with Crippen LogP contribution < -0.4 is 19.6 Å². The van der Waals surface area contributed by atoms with Crippen molar-refractivity contribution in [3.8, 4) is 5.75 Å². The van der Waals surface area contributed by atoms with Gasteiger partial charge in [0.15, 0.2) is 4.80 Å². The number of likely N-dealkylation sites (N-methyl/N-ethyl adjacent to an activating group) is 1. The highest BCUT2D eigenvalue weighted by molar-refractivity contribution is 7.07. The third-order valence-corrected chi connectivity index (χ3v) is 8.43. The van der Waals surface area contributed by atoms with Gasteiger partial charge in [-0.3, -0.25) is 14.2 Å². The fourth-order valence-electron chi connectivity index (χ4n) is 4.84. The Morgan fingerprint density at radius 2 is 1.73 bits per heavy atom. The molecule has 0 N–H and O–H groups in total. The molecule has 0 unspecified atom stereocenters. The predicted molar refractivity (Wildman–Crippen MR) is 165 cm³/mol. The zero-order valence-corrected chi connectivity index (χ0v) is 25.3. The number of benzene rings is 3. The molecule has 9 heteroatoms. The molecule has 0 saturated heterocycles. The monoisotopic (exact) mass is 605 g/mol. The molecule has 0 radical (unpaired) electrons. The number of carbonyl (C=O) groups excluding carboxylic acids is 1. The Labute approximate surface area is 252 Å². The van der Waals surface area contributed by atoms with Crippen molar-refractivity contribution in [2.75, 3.05) is 13.1 Å². The highest BCUT2D eigenvalue weighted by Crippen LogP contribution is 2.32. The van der Waals surface area contributed by atoms with Gasteiger partial charge in [-0.05, 0) is 79.9 Å². The van der Waals surface area contributed by atoms with Crippen molar-refractivity contribution in [3.05, 3.63) is 130 Å². The fourth-order valence-corrected chi connectivity index (χ4v) is 6.23. The molecular weight excluding hydrogens is 577 g/mol. The van der Waals surface area contributed by atoms with E-state index in [1.165, 1.54) is 11.3 Å². The van der Waals surface area contributed by atoms with Crippen molar-refractivity contribution in [1.29, 1.82) is 0 Å². The Morgan fingerprint density at radius 1 is 1.02 bits per heavy atom. The first-order valence-corrected chi connectivity index (χ1v) is 14.9. The SMILES string of the molecule is CCN(CC)C(=O)C1=C(C)N=c2s/c(=C/c3ccc(OCc4cccc(Cl)c4)cc3)c(=O)n2[C@@H]1c1ccc(Cl)cc1. The van der Waals surface area contributed by atoms with Crippen molar-refractivity contribution in [1.82, 2.24) is 9.47 Å². The summed E-state index contributed by atoms with van der Waals surface area (Å²) in [5.41, 5.74) is 3.53. The zero-order valence-electron chi connectivity index (χ0n) is 22.9. The van der Waals surface area contributed by atoms with Crippen LogP contribution in [0.25, 0.3) is 6.08 Å². The Kier molecular flexibility index (Phi) is 8.78. The fraction of sp³-hybridized carbons (Fsp3) is 0.219. The molecule has 0 fully saturated rings. The number of amides is 1. The molecule has 2 heterocycles. The second-order valence-electron chi connectivity index (χ2n) is 9.60. The van der Waals surface area contributed by atoms with Gasteiger partial charge in [0, 0.05) is 23.1 Å². The van der Waals surface area contributed by atoms with Crippen LogP contribution >= 0.6 is 34.5 Å². The molecule has 1 aliphatic rings. The van der Waals surface area contributed by atoms with Gasteiger partial charge in [-0.2, -0.15) is 0 Å². The zero-order chi connectivity index (χ0) is 29.1. The molecule has 0 aliphatic carbocycles. The highest BCUT2D eigenvalue weighted by atomic mass is 35.5. The summed E-state index contributed by atoms with van der Waals surface area (Å²) in [5, 5.41) is 1.25. The van der Waals surface area contributed by atoms with Gasteiger partial charge in [-0.1, -0.05) is 70.9 Å². The smallest absolute Gasteiger partial charge is 0.271 e. The molecule has 0 saturated carbocycles. The van der Waals surface area contributed by atoms with Gasteiger partial charge >= 0.3 is 0 Å². The number of thiazole rings is 1. The molecule has 0 spiro atoms. The van der Waals surface area contributed by atoms with Crippen molar-refractivity contribution < 1.29 is 9.53 Å². The molecule has 4 aromatic rings. The van der Waals surface area contributed by atoms with Crippen LogP contribution in [0.4, 0.5) is 0 Å².